The van der Waals surface area contributed by atoms with E-state index < -0.39 is 0 Å². The minimum atomic E-state index is 0.151. The van der Waals surface area contributed by atoms with E-state index in [-0.39, 0.29) is 12.1 Å². The maximum Gasteiger partial charge on any atom is 0.224 e. The van der Waals surface area contributed by atoms with Crippen molar-refractivity contribution >= 4 is 5.95 Å². The van der Waals surface area contributed by atoms with Crippen molar-refractivity contribution < 1.29 is 0 Å². The summed E-state index contributed by atoms with van der Waals surface area (Å²) in [5.74, 6) is 0.518. The average Bonchev–Trinajstić information content (AvgIpc) is 2.31. The van der Waals surface area contributed by atoms with E-state index in [0.717, 1.165) is 18.5 Å². The second kappa shape index (κ2) is 5.11. The highest BCUT2D eigenvalue weighted by Crippen LogP contribution is 2.19. The van der Waals surface area contributed by atoms with Crippen LogP contribution in [0, 0.1) is 18.3 Å². The number of nitrogens with zero attached hydrogens (tertiary/aromatic N) is 3. The van der Waals surface area contributed by atoms with Gasteiger partial charge in [0.2, 0.25) is 5.95 Å². The van der Waals surface area contributed by atoms with Crippen molar-refractivity contribution in [2.75, 3.05) is 5.32 Å². The second-order valence-corrected chi connectivity index (χ2v) is 4.53. The van der Waals surface area contributed by atoms with Gasteiger partial charge in [-0.25, -0.2) is 9.97 Å². The highest BCUT2D eigenvalue weighted by atomic mass is 15.1. The molecule has 1 saturated carbocycles. The predicted molar refractivity (Wildman–Crippen MR) is 65.3 cm³/mol. The molecule has 1 aromatic rings. The molecule has 0 amide bonds. The van der Waals surface area contributed by atoms with E-state index in [4.69, 9.17) is 11.0 Å². The molecule has 0 spiro atoms. The molecule has 17 heavy (non-hydrogen) atoms. The molecular formula is C12H17N5. The third-order valence-corrected chi connectivity index (χ3v) is 3.10. The first-order valence-corrected chi connectivity index (χ1v) is 5.97. The quantitative estimate of drug-likeness (QED) is 0.802. The van der Waals surface area contributed by atoms with Gasteiger partial charge in [-0.15, -0.1) is 0 Å². The van der Waals surface area contributed by atoms with E-state index in [9.17, 15) is 0 Å². The summed E-state index contributed by atoms with van der Waals surface area (Å²) in [7, 11) is 0. The van der Waals surface area contributed by atoms with Crippen LogP contribution in [0.25, 0.3) is 0 Å². The Labute approximate surface area is 101 Å². The van der Waals surface area contributed by atoms with Crippen molar-refractivity contribution in [3.05, 3.63) is 17.5 Å². The summed E-state index contributed by atoms with van der Waals surface area (Å²) in [4.78, 5) is 8.42. The lowest BCUT2D eigenvalue weighted by atomic mass is 9.91. The molecule has 2 rings (SSSR count). The molecule has 0 aromatic carbocycles. The van der Waals surface area contributed by atoms with Crippen LogP contribution >= 0.6 is 0 Å². The minimum absolute atomic E-state index is 0.151. The summed E-state index contributed by atoms with van der Waals surface area (Å²) in [6, 6.07) is 4.08. The SMILES string of the molecule is Cc1cc(C#N)nc(NC2CCCCC2N)n1. The van der Waals surface area contributed by atoms with Crippen molar-refractivity contribution in [3.8, 4) is 6.07 Å². The van der Waals surface area contributed by atoms with Crippen LogP contribution in [-0.2, 0) is 0 Å². The van der Waals surface area contributed by atoms with Crippen molar-refractivity contribution in [1.29, 1.82) is 5.26 Å². The number of rotatable bonds is 2. The number of hydrogen-bond donors (Lipinski definition) is 2. The van der Waals surface area contributed by atoms with E-state index in [0.29, 0.717) is 11.6 Å². The first-order valence-electron chi connectivity index (χ1n) is 5.97. The van der Waals surface area contributed by atoms with Gasteiger partial charge in [-0.3, -0.25) is 0 Å². The molecule has 2 unspecified atom stereocenters. The zero-order chi connectivity index (χ0) is 12.3. The summed E-state index contributed by atoms with van der Waals surface area (Å²) < 4.78 is 0. The zero-order valence-electron chi connectivity index (χ0n) is 9.98. The van der Waals surface area contributed by atoms with Gasteiger partial charge >= 0.3 is 0 Å². The van der Waals surface area contributed by atoms with Crippen molar-refractivity contribution in [2.45, 2.75) is 44.7 Å². The third kappa shape index (κ3) is 2.92. The normalized spacial score (nSPS) is 24.1. The van der Waals surface area contributed by atoms with Gasteiger partial charge in [-0.2, -0.15) is 5.26 Å². The second-order valence-electron chi connectivity index (χ2n) is 4.53. The summed E-state index contributed by atoms with van der Waals surface area (Å²) >= 11 is 0. The summed E-state index contributed by atoms with van der Waals surface area (Å²) in [6.45, 7) is 1.86. The average molecular weight is 231 g/mol. The topological polar surface area (TPSA) is 87.6 Å². The van der Waals surface area contributed by atoms with Crippen LogP contribution in [0.5, 0.6) is 0 Å². The number of aromatic nitrogens is 2. The van der Waals surface area contributed by atoms with E-state index in [1.165, 1.54) is 12.8 Å². The van der Waals surface area contributed by atoms with Crippen LogP contribution in [0.2, 0.25) is 0 Å². The smallest absolute Gasteiger partial charge is 0.224 e. The van der Waals surface area contributed by atoms with Crippen LogP contribution in [0.1, 0.15) is 37.1 Å². The van der Waals surface area contributed by atoms with Crippen molar-refractivity contribution in [1.82, 2.24) is 9.97 Å². The lowest BCUT2D eigenvalue weighted by Gasteiger charge is -2.29. The molecule has 90 valence electrons. The number of nitriles is 1. The number of nitrogens with two attached hydrogens (primary N) is 1. The zero-order valence-corrected chi connectivity index (χ0v) is 9.98. The lowest BCUT2D eigenvalue weighted by molar-refractivity contribution is 0.402. The van der Waals surface area contributed by atoms with Crippen LogP contribution in [0.4, 0.5) is 5.95 Å². The van der Waals surface area contributed by atoms with Gasteiger partial charge in [0.05, 0.1) is 0 Å². The van der Waals surface area contributed by atoms with Crippen LogP contribution in [-0.4, -0.2) is 22.1 Å². The number of nitrogens with one attached hydrogen (secondary N) is 1. The molecular weight excluding hydrogens is 214 g/mol. The van der Waals surface area contributed by atoms with Crippen LogP contribution < -0.4 is 11.1 Å². The minimum Gasteiger partial charge on any atom is -0.350 e. The van der Waals surface area contributed by atoms with Gasteiger partial charge in [-0.1, -0.05) is 12.8 Å². The van der Waals surface area contributed by atoms with E-state index >= 15 is 0 Å². The van der Waals surface area contributed by atoms with Crippen molar-refractivity contribution in [3.63, 3.8) is 0 Å². The largest absolute Gasteiger partial charge is 0.350 e. The maximum atomic E-state index is 8.85. The Morgan fingerprint density at radius 1 is 1.41 bits per heavy atom. The molecule has 1 aromatic heterocycles. The molecule has 3 N–H and O–H groups in total. The van der Waals surface area contributed by atoms with E-state index in [1.807, 2.05) is 13.0 Å². The first-order chi connectivity index (χ1) is 8.19. The summed E-state index contributed by atoms with van der Waals surface area (Å²) in [5.41, 5.74) is 7.24. The standard InChI is InChI=1S/C12H17N5/c1-8-6-9(7-13)16-12(15-8)17-11-5-3-2-4-10(11)14/h6,10-11H,2-5,14H2,1H3,(H,15,16,17). The fourth-order valence-electron chi connectivity index (χ4n) is 2.19. The first kappa shape index (κ1) is 11.8. The molecule has 0 aliphatic heterocycles. The monoisotopic (exact) mass is 231 g/mol. The predicted octanol–water partition coefficient (Wildman–Crippen LogP) is 1.34. The molecule has 5 nitrogen and oxygen atoms in total. The fourth-order valence-corrected chi connectivity index (χ4v) is 2.19. The van der Waals surface area contributed by atoms with Gasteiger partial charge in [0.25, 0.3) is 0 Å². The van der Waals surface area contributed by atoms with Gasteiger partial charge in [0, 0.05) is 17.8 Å². The summed E-state index contributed by atoms with van der Waals surface area (Å²) in [6.07, 6.45) is 4.45. The molecule has 0 saturated heterocycles. The Bertz CT molecular complexity index is 437. The van der Waals surface area contributed by atoms with Crippen LogP contribution in [0.15, 0.2) is 6.07 Å². The molecule has 1 aliphatic rings. The van der Waals surface area contributed by atoms with E-state index in [2.05, 4.69) is 15.3 Å². The van der Waals surface area contributed by atoms with Gasteiger partial charge in [0.1, 0.15) is 11.8 Å². The Balaban J connectivity index is 2.12. The van der Waals surface area contributed by atoms with Gasteiger partial charge < -0.3 is 11.1 Å². The number of anilines is 1. The Kier molecular flexibility index (Phi) is 3.55. The Morgan fingerprint density at radius 2 is 2.18 bits per heavy atom. The van der Waals surface area contributed by atoms with Crippen LogP contribution in [0.3, 0.4) is 0 Å². The highest BCUT2D eigenvalue weighted by Gasteiger charge is 2.22. The fraction of sp³-hybridized carbons (Fsp3) is 0.583. The molecule has 1 fully saturated rings. The molecule has 0 bridgehead atoms. The van der Waals surface area contributed by atoms with E-state index in [1.54, 1.807) is 6.07 Å². The molecule has 1 heterocycles. The van der Waals surface area contributed by atoms with Gasteiger partial charge in [0.15, 0.2) is 0 Å². The van der Waals surface area contributed by atoms with Crippen molar-refractivity contribution in [2.24, 2.45) is 5.73 Å². The third-order valence-electron chi connectivity index (χ3n) is 3.10. The number of aryl methyl sites for hydroxylation is 1. The van der Waals surface area contributed by atoms with Gasteiger partial charge in [-0.05, 0) is 25.8 Å². The molecule has 5 heteroatoms. The maximum absolute atomic E-state index is 8.85. The molecule has 0 radical (unpaired) electrons. The Hall–Kier alpha value is -1.67. The molecule has 2 atom stereocenters. The highest BCUT2D eigenvalue weighted by molar-refractivity contribution is 5.34. The molecule has 1 aliphatic carbocycles. The summed E-state index contributed by atoms with van der Waals surface area (Å²) in [5, 5.41) is 12.1. The Morgan fingerprint density at radius 3 is 2.88 bits per heavy atom. The number of hydrogen-bond acceptors (Lipinski definition) is 5. The lowest BCUT2D eigenvalue weighted by Crippen LogP contribution is -2.43.